The number of hydrogen-bond acceptors (Lipinski definition) is 4. The standard InChI is InChI=1S/C21H22O4/c1-12(2)4-9-15-16(22)10-19-20(21(15)24)17(23)11-18(25-19)14-7-5-13(3)6-8-14/h4-8,10,18,22,24H,9,11H2,1-3H3. The Morgan fingerprint density at radius 3 is 2.56 bits per heavy atom. The zero-order chi connectivity index (χ0) is 18.1. The smallest absolute Gasteiger partial charge is 0.174 e. The van der Waals surface area contributed by atoms with Crippen molar-refractivity contribution in [3.05, 3.63) is 64.2 Å². The molecule has 1 unspecified atom stereocenters. The van der Waals surface area contributed by atoms with E-state index in [1.165, 1.54) is 6.07 Å². The number of phenols is 2. The maximum atomic E-state index is 12.6. The van der Waals surface area contributed by atoms with E-state index in [0.29, 0.717) is 12.0 Å². The lowest BCUT2D eigenvalue weighted by Crippen LogP contribution is -2.21. The SMILES string of the molecule is CC(C)=CCc1c(O)cc2c(c1O)C(=O)CC(c1ccc(C)cc1)O2. The minimum absolute atomic E-state index is 0.0638. The second kappa shape index (κ2) is 6.63. The topological polar surface area (TPSA) is 66.8 Å². The van der Waals surface area contributed by atoms with Gasteiger partial charge in [-0.2, -0.15) is 0 Å². The van der Waals surface area contributed by atoms with Gasteiger partial charge in [-0.05, 0) is 32.8 Å². The lowest BCUT2D eigenvalue weighted by molar-refractivity contribution is 0.0844. The van der Waals surface area contributed by atoms with Gasteiger partial charge in [-0.1, -0.05) is 41.5 Å². The first-order valence-corrected chi connectivity index (χ1v) is 8.34. The first-order chi connectivity index (χ1) is 11.9. The molecule has 25 heavy (non-hydrogen) atoms. The van der Waals surface area contributed by atoms with E-state index in [1.54, 1.807) is 0 Å². The summed E-state index contributed by atoms with van der Waals surface area (Å²) in [6.07, 6.45) is 2.01. The number of allylic oxidation sites excluding steroid dienone is 2. The van der Waals surface area contributed by atoms with Crippen LogP contribution in [0.1, 0.15) is 53.4 Å². The van der Waals surface area contributed by atoms with Crippen molar-refractivity contribution in [2.75, 3.05) is 0 Å². The lowest BCUT2D eigenvalue weighted by Gasteiger charge is -2.27. The number of carbonyl (C=O) groups is 1. The predicted octanol–water partition coefficient (Wildman–Crippen LogP) is 4.62. The van der Waals surface area contributed by atoms with Gasteiger partial charge in [0.1, 0.15) is 28.9 Å². The van der Waals surface area contributed by atoms with Crippen LogP contribution in [0.3, 0.4) is 0 Å². The summed E-state index contributed by atoms with van der Waals surface area (Å²) in [5, 5.41) is 20.8. The molecule has 1 atom stereocenters. The second-order valence-electron chi connectivity index (χ2n) is 6.73. The summed E-state index contributed by atoms with van der Waals surface area (Å²) in [5.74, 6) is -0.188. The number of carbonyl (C=O) groups excluding carboxylic acids is 1. The third kappa shape index (κ3) is 3.38. The molecule has 0 bridgehead atoms. The molecule has 4 heteroatoms. The molecule has 0 aromatic heterocycles. The molecule has 0 saturated heterocycles. The molecule has 1 heterocycles. The number of Topliss-reactive ketones (excluding diaryl/α,β-unsaturated/α-hetero) is 1. The highest BCUT2D eigenvalue weighted by molar-refractivity contribution is 6.03. The average molecular weight is 338 g/mol. The number of benzene rings is 2. The number of ketones is 1. The van der Waals surface area contributed by atoms with Crippen LogP contribution >= 0.6 is 0 Å². The molecule has 0 aliphatic carbocycles. The van der Waals surface area contributed by atoms with Crippen LogP contribution in [-0.4, -0.2) is 16.0 Å². The highest BCUT2D eigenvalue weighted by Gasteiger charge is 2.32. The van der Waals surface area contributed by atoms with Crippen LogP contribution in [0.25, 0.3) is 0 Å². The molecular formula is C21H22O4. The normalized spacial score (nSPS) is 16.1. The summed E-state index contributed by atoms with van der Waals surface area (Å²) < 4.78 is 5.91. The Balaban J connectivity index is 1.98. The average Bonchev–Trinajstić information content (AvgIpc) is 2.54. The molecule has 2 N–H and O–H groups in total. The predicted molar refractivity (Wildman–Crippen MR) is 96.4 cm³/mol. The maximum absolute atomic E-state index is 12.6. The second-order valence-corrected chi connectivity index (χ2v) is 6.73. The number of aromatic hydroxyl groups is 2. The van der Waals surface area contributed by atoms with Gasteiger partial charge in [0.05, 0.1) is 6.42 Å². The fraction of sp³-hybridized carbons (Fsp3) is 0.286. The molecule has 1 aliphatic rings. The summed E-state index contributed by atoms with van der Waals surface area (Å²) in [6.45, 7) is 5.87. The minimum Gasteiger partial charge on any atom is -0.507 e. The van der Waals surface area contributed by atoms with Crippen LogP contribution in [0, 0.1) is 6.92 Å². The Bertz CT molecular complexity index is 843. The number of hydrogen-bond donors (Lipinski definition) is 2. The zero-order valence-electron chi connectivity index (χ0n) is 14.7. The van der Waals surface area contributed by atoms with Gasteiger partial charge in [0.2, 0.25) is 0 Å². The van der Waals surface area contributed by atoms with E-state index in [1.807, 2.05) is 51.1 Å². The number of rotatable bonds is 3. The van der Waals surface area contributed by atoms with E-state index in [0.717, 1.165) is 16.7 Å². The van der Waals surface area contributed by atoms with Crippen LogP contribution in [0.5, 0.6) is 17.2 Å². The molecule has 2 aromatic rings. The van der Waals surface area contributed by atoms with Crippen molar-refractivity contribution in [1.82, 2.24) is 0 Å². The number of phenolic OH excluding ortho intramolecular Hbond substituents is 2. The first kappa shape index (κ1) is 17.1. The molecule has 130 valence electrons. The molecule has 1 aliphatic heterocycles. The van der Waals surface area contributed by atoms with E-state index >= 15 is 0 Å². The van der Waals surface area contributed by atoms with Crippen molar-refractivity contribution in [2.24, 2.45) is 0 Å². The first-order valence-electron chi connectivity index (χ1n) is 8.34. The summed E-state index contributed by atoms with van der Waals surface area (Å²) in [7, 11) is 0. The van der Waals surface area contributed by atoms with Gasteiger partial charge in [-0.25, -0.2) is 0 Å². The van der Waals surface area contributed by atoms with Crippen LogP contribution in [0.2, 0.25) is 0 Å². The Morgan fingerprint density at radius 2 is 1.92 bits per heavy atom. The highest BCUT2D eigenvalue weighted by Crippen LogP contribution is 2.44. The van der Waals surface area contributed by atoms with E-state index < -0.39 is 6.10 Å². The molecule has 0 fully saturated rings. The third-order valence-corrected chi connectivity index (χ3v) is 4.43. The molecule has 0 radical (unpaired) electrons. The Labute approximate surface area is 147 Å². The van der Waals surface area contributed by atoms with E-state index in [4.69, 9.17) is 4.74 Å². The van der Waals surface area contributed by atoms with Crippen molar-refractivity contribution in [1.29, 1.82) is 0 Å². The van der Waals surface area contributed by atoms with Gasteiger partial charge < -0.3 is 14.9 Å². The van der Waals surface area contributed by atoms with Crippen molar-refractivity contribution in [2.45, 2.75) is 39.7 Å². The van der Waals surface area contributed by atoms with Crippen molar-refractivity contribution in [3.8, 4) is 17.2 Å². The molecule has 3 rings (SSSR count). The lowest BCUT2D eigenvalue weighted by atomic mass is 9.92. The molecular weight excluding hydrogens is 316 g/mol. The number of ether oxygens (including phenoxy) is 1. The van der Waals surface area contributed by atoms with Crippen LogP contribution < -0.4 is 4.74 Å². The molecule has 0 amide bonds. The Kier molecular flexibility index (Phi) is 4.53. The number of fused-ring (bicyclic) bond motifs is 1. The summed E-state index contributed by atoms with van der Waals surface area (Å²) in [6, 6.07) is 9.23. The quantitative estimate of drug-likeness (QED) is 0.801. The van der Waals surface area contributed by atoms with Gasteiger partial charge in [0, 0.05) is 11.6 Å². The minimum atomic E-state index is -0.414. The third-order valence-electron chi connectivity index (χ3n) is 4.43. The summed E-state index contributed by atoms with van der Waals surface area (Å²) in [5.41, 5.74) is 3.62. The van der Waals surface area contributed by atoms with Crippen LogP contribution in [0.4, 0.5) is 0 Å². The van der Waals surface area contributed by atoms with E-state index in [-0.39, 0.29) is 35.0 Å². The maximum Gasteiger partial charge on any atom is 0.174 e. The Morgan fingerprint density at radius 1 is 1.24 bits per heavy atom. The van der Waals surface area contributed by atoms with Crippen molar-refractivity contribution >= 4 is 5.78 Å². The monoisotopic (exact) mass is 338 g/mol. The fourth-order valence-corrected chi connectivity index (χ4v) is 2.97. The van der Waals surface area contributed by atoms with Crippen molar-refractivity contribution in [3.63, 3.8) is 0 Å². The van der Waals surface area contributed by atoms with Gasteiger partial charge >= 0.3 is 0 Å². The zero-order valence-corrected chi connectivity index (χ0v) is 14.7. The van der Waals surface area contributed by atoms with E-state index in [9.17, 15) is 15.0 Å². The molecule has 2 aromatic carbocycles. The van der Waals surface area contributed by atoms with Crippen LogP contribution in [-0.2, 0) is 6.42 Å². The fourth-order valence-electron chi connectivity index (χ4n) is 2.97. The Hall–Kier alpha value is -2.75. The summed E-state index contributed by atoms with van der Waals surface area (Å²) >= 11 is 0. The van der Waals surface area contributed by atoms with Gasteiger partial charge in [-0.3, -0.25) is 4.79 Å². The number of aryl methyl sites for hydroxylation is 1. The molecule has 0 spiro atoms. The van der Waals surface area contributed by atoms with Crippen LogP contribution in [0.15, 0.2) is 42.0 Å². The molecule has 0 saturated carbocycles. The van der Waals surface area contributed by atoms with Gasteiger partial charge in [0.25, 0.3) is 0 Å². The highest BCUT2D eigenvalue weighted by atomic mass is 16.5. The van der Waals surface area contributed by atoms with Gasteiger partial charge in [0.15, 0.2) is 5.78 Å². The van der Waals surface area contributed by atoms with Gasteiger partial charge in [-0.15, -0.1) is 0 Å². The summed E-state index contributed by atoms with van der Waals surface area (Å²) in [4.78, 5) is 12.6. The van der Waals surface area contributed by atoms with E-state index in [2.05, 4.69) is 0 Å². The van der Waals surface area contributed by atoms with Crippen molar-refractivity contribution < 1.29 is 19.7 Å². The largest absolute Gasteiger partial charge is 0.507 e. The molecule has 4 nitrogen and oxygen atoms in total.